The Labute approximate surface area is 119 Å². The zero-order chi connectivity index (χ0) is 15.4. The Balaban J connectivity index is 2.95. The average molecular weight is 299 g/mol. The highest BCUT2D eigenvalue weighted by Gasteiger charge is 2.30. The molecule has 0 aromatic heterocycles. The van der Waals surface area contributed by atoms with Gasteiger partial charge in [-0.15, -0.1) is 0 Å². The van der Waals surface area contributed by atoms with Gasteiger partial charge in [0.25, 0.3) is 0 Å². The van der Waals surface area contributed by atoms with Crippen molar-refractivity contribution < 1.29 is 18.3 Å². The highest BCUT2D eigenvalue weighted by molar-refractivity contribution is 7.91. The predicted octanol–water partition coefficient (Wildman–Crippen LogP) is 2.54. The van der Waals surface area contributed by atoms with E-state index in [0.29, 0.717) is 18.5 Å². The smallest absolute Gasteiger partial charge is 0.329 e. The van der Waals surface area contributed by atoms with Crippen LogP contribution in [-0.2, 0) is 14.6 Å². The number of nitrogens with one attached hydrogen (secondary N) is 1. The van der Waals surface area contributed by atoms with E-state index in [0.717, 1.165) is 0 Å². The van der Waals surface area contributed by atoms with E-state index in [2.05, 4.69) is 5.32 Å². The number of carboxylic acid groups (broad SMARTS) is 1. The number of benzene rings is 1. The van der Waals surface area contributed by atoms with E-state index in [-0.39, 0.29) is 10.6 Å². The van der Waals surface area contributed by atoms with E-state index in [4.69, 9.17) is 0 Å². The summed E-state index contributed by atoms with van der Waals surface area (Å²) in [6, 6.07) is 6.20. The van der Waals surface area contributed by atoms with Gasteiger partial charge in [-0.1, -0.05) is 13.8 Å². The molecule has 5 nitrogen and oxygen atoms in total. The molecule has 0 fully saturated rings. The van der Waals surface area contributed by atoms with Gasteiger partial charge < -0.3 is 10.4 Å². The first kappa shape index (κ1) is 16.5. The summed E-state index contributed by atoms with van der Waals surface area (Å²) in [7, 11) is -3.24. The van der Waals surface area contributed by atoms with Crippen molar-refractivity contribution in [2.75, 3.05) is 11.1 Å². The molecule has 1 rings (SSSR count). The number of hydrogen-bond acceptors (Lipinski definition) is 4. The number of carbonyl (C=O) groups is 1. The highest BCUT2D eigenvalue weighted by Crippen LogP contribution is 2.21. The third-order valence-corrected chi connectivity index (χ3v) is 5.22. The third kappa shape index (κ3) is 3.72. The molecular formula is C14H21NO4S. The first-order chi connectivity index (χ1) is 9.25. The molecule has 0 bridgehead atoms. The molecule has 112 valence electrons. The number of hydrogen-bond donors (Lipinski definition) is 2. The Hall–Kier alpha value is -1.56. The van der Waals surface area contributed by atoms with Crippen molar-refractivity contribution in [2.24, 2.45) is 0 Å². The van der Waals surface area contributed by atoms with Crippen molar-refractivity contribution in [2.45, 2.75) is 44.0 Å². The molecule has 0 aliphatic rings. The van der Waals surface area contributed by atoms with Gasteiger partial charge in [-0.25, -0.2) is 13.2 Å². The van der Waals surface area contributed by atoms with Gasteiger partial charge in [0.1, 0.15) is 5.54 Å². The first-order valence-electron chi connectivity index (χ1n) is 6.59. The molecule has 0 amide bonds. The summed E-state index contributed by atoms with van der Waals surface area (Å²) >= 11 is 0. The van der Waals surface area contributed by atoms with Gasteiger partial charge in [-0.05, 0) is 44.0 Å². The Morgan fingerprint density at radius 2 is 1.80 bits per heavy atom. The summed E-state index contributed by atoms with van der Waals surface area (Å²) in [5.74, 6) is -0.829. The van der Waals surface area contributed by atoms with Crippen molar-refractivity contribution in [1.29, 1.82) is 0 Å². The molecule has 0 aliphatic carbocycles. The zero-order valence-corrected chi connectivity index (χ0v) is 12.8. The van der Waals surface area contributed by atoms with Crippen LogP contribution >= 0.6 is 0 Å². The molecule has 1 unspecified atom stereocenters. The summed E-state index contributed by atoms with van der Waals surface area (Å²) in [5.41, 5.74) is -0.476. The predicted molar refractivity (Wildman–Crippen MR) is 78.7 cm³/mol. The summed E-state index contributed by atoms with van der Waals surface area (Å²) in [4.78, 5) is 11.5. The summed E-state index contributed by atoms with van der Waals surface area (Å²) in [5, 5.41) is 12.1. The van der Waals surface area contributed by atoms with Crippen LogP contribution in [0.25, 0.3) is 0 Å². The SMILES string of the molecule is CCCS(=O)(=O)c1ccc(NC(C)(CC)C(=O)O)cc1. The van der Waals surface area contributed by atoms with Crippen LogP contribution in [0.1, 0.15) is 33.6 Å². The maximum absolute atomic E-state index is 11.9. The third-order valence-electron chi connectivity index (χ3n) is 3.29. The molecule has 1 atom stereocenters. The molecule has 0 saturated carbocycles. The highest BCUT2D eigenvalue weighted by atomic mass is 32.2. The Bertz CT molecular complexity index is 565. The monoisotopic (exact) mass is 299 g/mol. The van der Waals surface area contributed by atoms with Crippen LogP contribution in [-0.4, -0.2) is 30.8 Å². The Morgan fingerprint density at radius 3 is 2.20 bits per heavy atom. The molecule has 1 aromatic rings. The Morgan fingerprint density at radius 1 is 1.25 bits per heavy atom. The van der Waals surface area contributed by atoms with Crippen LogP contribution in [0.5, 0.6) is 0 Å². The molecular weight excluding hydrogens is 278 g/mol. The molecule has 6 heteroatoms. The molecule has 0 radical (unpaired) electrons. The number of aliphatic carboxylic acids is 1. The van der Waals surface area contributed by atoms with Crippen LogP contribution < -0.4 is 5.32 Å². The van der Waals surface area contributed by atoms with Crippen LogP contribution in [0, 0.1) is 0 Å². The zero-order valence-electron chi connectivity index (χ0n) is 12.0. The first-order valence-corrected chi connectivity index (χ1v) is 8.25. The van der Waals surface area contributed by atoms with Crippen molar-refractivity contribution >= 4 is 21.5 Å². The lowest BCUT2D eigenvalue weighted by atomic mass is 9.99. The van der Waals surface area contributed by atoms with Crippen molar-refractivity contribution in [3.63, 3.8) is 0 Å². The lowest BCUT2D eigenvalue weighted by Gasteiger charge is -2.26. The standard InChI is InChI=1S/C14H21NO4S/c1-4-10-20(18,19)12-8-6-11(7-9-12)15-14(3,5-2)13(16)17/h6-9,15H,4-5,10H2,1-3H3,(H,16,17). The van der Waals surface area contributed by atoms with E-state index in [1.165, 1.54) is 12.1 Å². The molecule has 0 saturated heterocycles. The number of sulfone groups is 1. The number of carboxylic acids is 1. The summed E-state index contributed by atoms with van der Waals surface area (Å²) in [6.07, 6.45) is 0.980. The van der Waals surface area contributed by atoms with Crippen LogP contribution in [0.2, 0.25) is 0 Å². The fraction of sp³-hybridized carbons (Fsp3) is 0.500. The van der Waals surface area contributed by atoms with Gasteiger partial charge in [0, 0.05) is 5.69 Å². The van der Waals surface area contributed by atoms with E-state index in [1.807, 2.05) is 6.92 Å². The van der Waals surface area contributed by atoms with Gasteiger partial charge in [0.05, 0.1) is 10.6 Å². The molecule has 0 heterocycles. The minimum atomic E-state index is -3.24. The van der Waals surface area contributed by atoms with Crippen LogP contribution in [0.15, 0.2) is 29.2 Å². The van der Waals surface area contributed by atoms with Gasteiger partial charge in [0.2, 0.25) is 0 Å². The fourth-order valence-electron chi connectivity index (χ4n) is 1.74. The lowest BCUT2D eigenvalue weighted by Crippen LogP contribution is -2.42. The maximum atomic E-state index is 11.9. The largest absolute Gasteiger partial charge is 0.480 e. The molecule has 1 aromatic carbocycles. The second kappa shape index (κ2) is 6.26. The van der Waals surface area contributed by atoms with Gasteiger partial charge in [-0.2, -0.15) is 0 Å². The summed E-state index contributed by atoms with van der Waals surface area (Å²) in [6.45, 7) is 5.19. The second-order valence-electron chi connectivity index (χ2n) is 4.96. The van der Waals surface area contributed by atoms with Gasteiger partial charge >= 0.3 is 5.97 Å². The molecule has 0 aliphatic heterocycles. The van der Waals surface area contributed by atoms with Gasteiger partial charge in [-0.3, -0.25) is 0 Å². The quantitative estimate of drug-likeness (QED) is 0.808. The van der Waals surface area contributed by atoms with E-state index < -0.39 is 21.3 Å². The number of anilines is 1. The molecule has 20 heavy (non-hydrogen) atoms. The summed E-state index contributed by atoms with van der Waals surface area (Å²) < 4.78 is 23.8. The fourth-order valence-corrected chi connectivity index (χ4v) is 3.07. The van der Waals surface area contributed by atoms with Crippen molar-refractivity contribution in [1.82, 2.24) is 0 Å². The molecule has 0 spiro atoms. The van der Waals surface area contributed by atoms with E-state index in [9.17, 15) is 18.3 Å². The molecule has 2 N–H and O–H groups in total. The normalized spacial score (nSPS) is 14.6. The van der Waals surface area contributed by atoms with E-state index in [1.54, 1.807) is 26.0 Å². The van der Waals surface area contributed by atoms with Crippen molar-refractivity contribution in [3.05, 3.63) is 24.3 Å². The topological polar surface area (TPSA) is 83.5 Å². The van der Waals surface area contributed by atoms with Gasteiger partial charge in [0.15, 0.2) is 9.84 Å². The second-order valence-corrected chi connectivity index (χ2v) is 7.07. The van der Waals surface area contributed by atoms with Crippen molar-refractivity contribution in [3.8, 4) is 0 Å². The maximum Gasteiger partial charge on any atom is 0.329 e. The minimum Gasteiger partial charge on any atom is -0.480 e. The Kier molecular flexibility index (Phi) is 5.16. The minimum absolute atomic E-state index is 0.113. The van der Waals surface area contributed by atoms with Crippen LogP contribution in [0.4, 0.5) is 5.69 Å². The lowest BCUT2D eigenvalue weighted by molar-refractivity contribution is -0.141. The average Bonchev–Trinajstić information content (AvgIpc) is 2.39. The van der Waals surface area contributed by atoms with Crippen LogP contribution in [0.3, 0.4) is 0 Å². The van der Waals surface area contributed by atoms with E-state index >= 15 is 0 Å². The number of rotatable bonds is 7.